The highest BCUT2D eigenvalue weighted by Crippen LogP contribution is 2.04. The lowest BCUT2D eigenvalue weighted by molar-refractivity contribution is -0.131. The number of rotatable bonds is 5. The Morgan fingerprint density at radius 2 is 2.11 bits per heavy atom. The summed E-state index contributed by atoms with van der Waals surface area (Å²) in [7, 11) is -1.39. The SMILES string of the molecule is CCN(C)C(=O)CNC(=O)CC1CS(=O)(=O)CCN1. The van der Waals surface area contributed by atoms with E-state index in [9.17, 15) is 18.0 Å². The molecule has 1 unspecified atom stereocenters. The van der Waals surface area contributed by atoms with Crippen molar-refractivity contribution >= 4 is 21.7 Å². The van der Waals surface area contributed by atoms with Crippen LogP contribution in [-0.4, -0.2) is 69.4 Å². The van der Waals surface area contributed by atoms with Crippen LogP contribution in [0.5, 0.6) is 0 Å². The molecule has 1 heterocycles. The van der Waals surface area contributed by atoms with Crippen molar-refractivity contribution in [1.29, 1.82) is 0 Å². The van der Waals surface area contributed by atoms with Gasteiger partial charge in [0.15, 0.2) is 9.84 Å². The molecule has 8 heteroatoms. The Hall–Kier alpha value is -1.15. The maximum Gasteiger partial charge on any atom is 0.241 e. The normalized spacial score (nSPS) is 21.7. The average molecular weight is 291 g/mol. The largest absolute Gasteiger partial charge is 0.347 e. The first-order chi connectivity index (χ1) is 8.84. The van der Waals surface area contributed by atoms with E-state index >= 15 is 0 Å². The van der Waals surface area contributed by atoms with E-state index in [1.807, 2.05) is 6.92 Å². The van der Waals surface area contributed by atoms with Gasteiger partial charge in [0.2, 0.25) is 11.8 Å². The zero-order chi connectivity index (χ0) is 14.5. The molecule has 0 spiro atoms. The van der Waals surface area contributed by atoms with Crippen LogP contribution in [0.2, 0.25) is 0 Å². The first-order valence-electron chi connectivity index (χ1n) is 6.28. The van der Waals surface area contributed by atoms with Crippen LogP contribution in [0.25, 0.3) is 0 Å². The number of nitrogens with zero attached hydrogens (tertiary/aromatic N) is 1. The number of nitrogens with one attached hydrogen (secondary N) is 2. The van der Waals surface area contributed by atoms with Crippen LogP contribution < -0.4 is 10.6 Å². The van der Waals surface area contributed by atoms with Gasteiger partial charge < -0.3 is 15.5 Å². The first kappa shape index (κ1) is 15.9. The molecule has 0 aromatic carbocycles. The quantitative estimate of drug-likeness (QED) is 0.633. The summed E-state index contributed by atoms with van der Waals surface area (Å²) < 4.78 is 22.8. The summed E-state index contributed by atoms with van der Waals surface area (Å²) in [6.45, 7) is 2.74. The van der Waals surface area contributed by atoms with E-state index in [0.717, 1.165) is 0 Å². The lowest BCUT2D eigenvalue weighted by Crippen LogP contribution is -2.48. The van der Waals surface area contributed by atoms with Gasteiger partial charge in [0.1, 0.15) is 0 Å². The van der Waals surface area contributed by atoms with Crippen LogP contribution >= 0.6 is 0 Å². The second kappa shape index (κ2) is 6.85. The highest BCUT2D eigenvalue weighted by atomic mass is 32.2. The van der Waals surface area contributed by atoms with Gasteiger partial charge in [0.05, 0.1) is 18.1 Å². The average Bonchev–Trinajstić information content (AvgIpc) is 2.33. The Kier molecular flexibility index (Phi) is 5.74. The molecule has 1 fully saturated rings. The second-order valence-electron chi connectivity index (χ2n) is 4.65. The van der Waals surface area contributed by atoms with Crippen LogP contribution in [0.15, 0.2) is 0 Å². The molecule has 19 heavy (non-hydrogen) atoms. The number of hydrogen-bond acceptors (Lipinski definition) is 5. The lowest BCUT2D eigenvalue weighted by Gasteiger charge is -2.23. The van der Waals surface area contributed by atoms with E-state index < -0.39 is 9.84 Å². The zero-order valence-electron chi connectivity index (χ0n) is 11.3. The van der Waals surface area contributed by atoms with Crippen molar-refractivity contribution < 1.29 is 18.0 Å². The minimum atomic E-state index is -3.04. The van der Waals surface area contributed by atoms with Crippen LogP contribution in [0.4, 0.5) is 0 Å². The number of carbonyl (C=O) groups is 2. The van der Waals surface area contributed by atoms with E-state index in [1.165, 1.54) is 4.90 Å². The van der Waals surface area contributed by atoms with Crippen LogP contribution in [0, 0.1) is 0 Å². The molecule has 1 saturated heterocycles. The standard InChI is InChI=1S/C11H21N3O4S/c1-3-14(2)11(16)7-13-10(15)6-9-8-19(17,18)5-4-12-9/h9,12H,3-8H2,1-2H3,(H,13,15). The first-order valence-corrected chi connectivity index (χ1v) is 8.10. The number of hydrogen-bond donors (Lipinski definition) is 2. The molecule has 0 aliphatic carbocycles. The molecule has 0 saturated carbocycles. The van der Waals surface area contributed by atoms with E-state index in [2.05, 4.69) is 10.6 Å². The molecule has 7 nitrogen and oxygen atoms in total. The third-order valence-corrected chi connectivity index (χ3v) is 4.81. The predicted molar refractivity (Wildman–Crippen MR) is 71.4 cm³/mol. The molecule has 1 atom stereocenters. The van der Waals surface area contributed by atoms with Gasteiger partial charge in [-0.25, -0.2) is 8.42 Å². The summed E-state index contributed by atoms with van der Waals surface area (Å²) in [6, 6.07) is -0.363. The topological polar surface area (TPSA) is 95.6 Å². The molecule has 0 radical (unpaired) electrons. The van der Waals surface area contributed by atoms with E-state index in [-0.39, 0.29) is 42.3 Å². The maximum atomic E-state index is 11.6. The van der Waals surface area contributed by atoms with Crippen LogP contribution in [-0.2, 0) is 19.4 Å². The molecule has 0 aromatic heterocycles. The van der Waals surface area contributed by atoms with Crippen molar-refractivity contribution in [2.24, 2.45) is 0 Å². The Labute approximate surface area is 113 Å². The Morgan fingerprint density at radius 1 is 1.42 bits per heavy atom. The lowest BCUT2D eigenvalue weighted by atomic mass is 10.2. The van der Waals surface area contributed by atoms with E-state index in [0.29, 0.717) is 13.1 Å². The van der Waals surface area contributed by atoms with Crippen molar-refractivity contribution in [2.75, 3.05) is 38.2 Å². The predicted octanol–water partition coefficient (Wildman–Crippen LogP) is -1.64. The van der Waals surface area contributed by atoms with Gasteiger partial charge in [-0.3, -0.25) is 9.59 Å². The third kappa shape index (κ3) is 5.56. The van der Waals surface area contributed by atoms with E-state index in [1.54, 1.807) is 7.05 Å². The summed E-state index contributed by atoms with van der Waals surface area (Å²) in [5, 5.41) is 5.50. The molecular weight excluding hydrogens is 270 g/mol. The summed E-state index contributed by atoms with van der Waals surface area (Å²) in [4.78, 5) is 24.6. The molecule has 2 amide bonds. The Balaban J connectivity index is 2.33. The highest BCUT2D eigenvalue weighted by molar-refractivity contribution is 7.91. The van der Waals surface area contributed by atoms with Crippen molar-refractivity contribution in [3.8, 4) is 0 Å². The number of carbonyl (C=O) groups excluding carboxylic acids is 2. The monoisotopic (exact) mass is 291 g/mol. The van der Waals surface area contributed by atoms with Crippen molar-refractivity contribution in [1.82, 2.24) is 15.5 Å². The van der Waals surface area contributed by atoms with Crippen LogP contribution in [0.3, 0.4) is 0 Å². The van der Waals surface area contributed by atoms with Gasteiger partial charge in [0, 0.05) is 32.6 Å². The van der Waals surface area contributed by atoms with E-state index in [4.69, 9.17) is 0 Å². The third-order valence-electron chi connectivity index (χ3n) is 3.07. The van der Waals surface area contributed by atoms with Crippen molar-refractivity contribution in [3.63, 3.8) is 0 Å². The molecular formula is C11H21N3O4S. The minimum Gasteiger partial charge on any atom is -0.347 e. The number of likely N-dealkylation sites (N-methyl/N-ethyl adjacent to an activating group) is 1. The summed E-state index contributed by atoms with van der Waals surface area (Å²) in [5.74, 6) is -0.388. The fraction of sp³-hybridized carbons (Fsp3) is 0.818. The van der Waals surface area contributed by atoms with Gasteiger partial charge in [0.25, 0.3) is 0 Å². The summed E-state index contributed by atoms with van der Waals surface area (Å²) >= 11 is 0. The van der Waals surface area contributed by atoms with Gasteiger partial charge >= 0.3 is 0 Å². The van der Waals surface area contributed by atoms with Crippen molar-refractivity contribution in [2.45, 2.75) is 19.4 Å². The summed E-state index contributed by atoms with van der Waals surface area (Å²) in [6.07, 6.45) is 0.0718. The Morgan fingerprint density at radius 3 is 2.68 bits per heavy atom. The molecule has 1 rings (SSSR count). The fourth-order valence-electron chi connectivity index (χ4n) is 1.78. The van der Waals surface area contributed by atoms with Crippen molar-refractivity contribution in [3.05, 3.63) is 0 Å². The molecule has 0 aromatic rings. The van der Waals surface area contributed by atoms with Gasteiger partial charge in [-0.2, -0.15) is 0 Å². The molecule has 2 N–H and O–H groups in total. The smallest absolute Gasteiger partial charge is 0.241 e. The zero-order valence-corrected chi connectivity index (χ0v) is 12.1. The number of amides is 2. The van der Waals surface area contributed by atoms with Gasteiger partial charge in [-0.15, -0.1) is 0 Å². The second-order valence-corrected chi connectivity index (χ2v) is 6.88. The fourth-order valence-corrected chi connectivity index (χ4v) is 3.22. The van der Waals surface area contributed by atoms with Gasteiger partial charge in [-0.1, -0.05) is 0 Å². The molecule has 1 aliphatic rings. The Bertz CT molecular complexity index is 435. The molecule has 1 aliphatic heterocycles. The van der Waals surface area contributed by atoms with Gasteiger partial charge in [-0.05, 0) is 6.92 Å². The minimum absolute atomic E-state index is 0.0246. The highest BCUT2D eigenvalue weighted by Gasteiger charge is 2.26. The van der Waals surface area contributed by atoms with Crippen LogP contribution in [0.1, 0.15) is 13.3 Å². The number of sulfone groups is 1. The molecule has 0 bridgehead atoms. The molecule has 110 valence electrons. The summed E-state index contributed by atoms with van der Waals surface area (Å²) in [5.41, 5.74) is 0. The maximum absolute atomic E-state index is 11.6.